The number of primary amides is 1. The lowest BCUT2D eigenvalue weighted by atomic mass is 9.99. The number of carbonyl (C=O) groups excluding carboxylic acids is 1. The van der Waals surface area contributed by atoms with E-state index in [-0.39, 0.29) is 22.3 Å². The molecule has 0 spiro atoms. The topological polar surface area (TPSA) is 127 Å². The van der Waals surface area contributed by atoms with E-state index in [2.05, 4.69) is 5.16 Å². The highest BCUT2D eigenvalue weighted by atomic mass is 32.2. The maximum Gasteiger partial charge on any atom is 0.338 e. The SMILES string of the molecule is CS(=O)(=O)c1ccccc1-c1c(-c2ccccc2)noc1CN(O)C(N)=O. The molecule has 3 aromatic rings. The number of nitrogens with two attached hydrogens (primary N) is 1. The number of hydrogen-bond donors (Lipinski definition) is 2. The van der Waals surface area contributed by atoms with E-state index in [0.717, 1.165) is 6.26 Å². The first-order valence-corrected chi connectivity index (χ1v) is 9.77. The van der Waals surface area contributed by atoms with Crippen LogP contribution in [0.2, 0.25) is 0 Å². The van der Waals surface area contributed by atoms with Gasteiger partial charge in [-0.15, -0.1) is 0 Å². The molecule has 0 aliphatic heterocycles. The molecule has 0 radical (unpaired) electrons. The molecule has 0 aliphatic carbocycles. The van der Waals surface area contributed by atoms with E-state index < -0.39 is 15.9 Å². The van der Waals surface area contributed by atoms with E-state index in [1.807, 2.05) is 6.07 Å². The van der Waals surface area contributed by atoms with Gasteiger partial charge in [0, 0.05) is 17.4 Å². The Bertz CT molecular complexity index is 1080. The van der Waals surface area contributed by atoms with Gasteiger partial charge in [-0.25, -0.2) is 13.2 Å². The minimum Gasteiger partial charge on any atom is -0.358 e. The molecule has 3 N–H and O–H groups in total. The summed E-state index contributed by atoms with van der Waals surface area (Å²) in [5, 5.41) is 14.0. The maximum absolute atomic E-state index is 12.3. The van der Waals surface area contributed by atoms with Crippen molar-refractivity contribution in [1.82, 2.24) is 10.2 Å². The molecule has 3 rings (SSSR count). The molecule has 140 valence electrons. The highest BCUT2D eigenvalue weighted by molar-refractivity contribution is 7.90. The summed E-state index contributed by atoms with van der Waals surface area (Å²) in [6.45, 7) is -0.386. The van der Waals surface area contributed by atoms with Crippen LogP contribution in [-0.4, -0.2) is 36.1 Å². The van der Waals surface area contributed by atoms with Crippen molar-refractivity contribution in [3.8, 4) is 22.4 Å². The average Bonchev–Trinajstić information content (AvgIpc) is 3.05. The minimum absolute atomic E-state index is 0.0789. The molecule has 9 heteroatoms. The fourth-order valence-electron chi connectivity index (χ4n) is 2.71. The highest BCUT2D eigenvalue weighted by Gasteiger charge is 2.26. The Morgan fingerprint density at radius 2 is 1.78 bits per heavy atom. The van der Waals surface area contributed by atoms with E-state index >= 15 is 0 Å². The van der Waals surface area contributed by atoms with Crippen LogP contribution >= 0.6 is 0 Å². The number of nitrogens with zero attached hydrogens (tertiary/aromatic N) is 2. The zero-order chi connectivity index (χ0) is 19.6. The van der Waals surface area contributed by atoms with Gasteiger partial charge in [-0.2, -0.15) is 5.06 Å². The van der Waals surface area contributed by atoms with Crippen LogP contribution in [-0.2, 0) is 16.4 Å². The van der Waals surface area contributed by atoms with E-state index in [0.29, 0.717) is 22.4 Å². The number of aromatic nitrogens is 1. The zero-order valence-corrected chi connectivity index (χ0v) is 15.2. The second-order valence-electron chi connectivity index (χ2n) is 5.86. The third-order valence-electron chi connectivity index (χ3n) is 3.91. The van der Waals surface area contributed by atoms with Gasteiger partial charge in [-0.1, -0.05) is 53.7 Å². The molecule has 0 atom stereocenters. The Balaban J connectivity index is 2.27. The van der Waals surface area contributed by atoms with Crippen LogP contribution in [0.15, 0.2) is 64.0 Å². The van der Waals surface area contributed by atoms with Gasteiger partial charge in [0.25, 0.3) is 0 Å². The zero-order valence-electron chi connectivity index (χ0n) is 14.4. The first-order chi connectivity index (χ1) is 12.8. The lowest BCUT2D eigenvalue weighted by Crippen LogP contribution is -2.32. The molecule has 2 aromatic carbocycles. The van der Waals surface area contributed by atoms with Crippen molar-refractivity contribution in [1.29, 1.82) is 0 Å². The largest absolute Gasteiger partial charge is 0.358 e. The van der Waals surface area contributed by atoms with Crippen LogP contribution in [0.25, 0.3) is 22.4 Å². The van der Waals surface area contributed by atoms with E-state index in [1.54, 1.807) is 42.5 Å². The number of rotatable bonds is 5. The summed E-state index contributed by atoms with van der Waals surface area (Å²) in [5.74, 6) is 0.103. The smallest absolute Gasteiger partial charge is 0.338 e. The quantitative estimate of drug-likeness (QED) is 0.512. The van der Waals surface area contributed by atoms with Crippen molar-refractivity contribution in [2.75, 3.05) is 6.26 Å². The Labute approximate surface area is 155 Å². The average molecular weight is 387 g/mol. The lowest BCUT2D eigenvalue weighted by molar-refractivity contribution is -0.0521. The van der Waals surface area contributed by atoms with Gasteiger partial charge >= 0.3 is 6.03 Å². The molecule has 27 heavy (non-hydrogen) atoms. The number of sulfone groups is 1. The van der Waals surface area contributed by atoms with Crippen LogP contribution in [0.3, 0.4) is 0 Å². The van der Waals surface area contributed by atoms with E-state index in [4.69, 9.17) is 10.3 Å². The number of urea groups is 1. The first kappa shape index (κ1) is 18.6. The van der Waals surface area contributed by atoms with Crippen LogP contribution in [0, 0.1) is 0 Å². The van der Waals surface area contributed by atoms with Crippen molar-refractivity contribution in [3.05, 3.63) is 60.4 Å². The summed E-state index contributed by atoms with van der Waals surface area (Å²) >= 11 is 0. The van der Waals surface area contributed by atoms with Gasteiger partial charge in [-0.05, 0) is 6.07 Å². The van der Waals surface area contributed by atoms with E-state index in [9.17, 15) is 18.4 Å². The first-order valence-electron chi connectivity index (χ1n) is 7.88. The number of hydroxylamine groups is 2. The second kappa shape index (κ2) is 7.22. The van der Waals surface area contributed by atoms with Crippen LogP contribution in [0.1, 0.15) is 5.76 Å². The number of carbonyl (C=O) groups is 1. The van der Waals surface area contributed by atoms with Crippen molar-refractivity contribution >= 4 is 15.9 Å². The Morgan fingerprint density at radius 3 is 2.41 bits per heavy atom. The molecular formula is C18H17N3O5S. The van der Waals surface area contributed by atoms with Crippen molar-refractivity contribution in [3.63, 3.8) is 0 Å². The normalized spacial score (nSPS) is 11.3. The van der Waals surface area contributed by atoms with Gasteiger partial charge < -0.3 is 10.3 Å². The molecule has 0 saturated carbocycles. The summed E-state index contributed by atoms with van der Waals surface area (Å²) < 4.78 is 29.8. The molecule has 0 unspecified atom stereocenters. The number of hydrogen-bond acceptors (Lipinski definition) is 6. The van der Waals surface area contributed by atoms with Crippen LogP contribution in [0.4, 0.5) is 4.79 Å². The summed E-state index contributed by atoms with van der Waals surface area (Å²) in [4.78, 5) is 11.3. The fourth-order valence-corrected chi connectivity index (χ4v) is 3.61. The summed E-state index contributed by atoms with van der Waals surface area (Å²) in [6.07, 6.45) is 1.10. The van der Waals surface area contributed by atoms with Crippen LogP contribution in [0.5, 0.6) is 0 Å². The summed E-state index contributed by atoms with van der Waals surface area (Å²) in [6, 6.07) is 14.3. The van der Waals surface area contributed by atoms with E-state index in [1.165, 1.54) is 6.07 Å². The number of amides is 2. The van der Waals surface area contributed by atoms with Gasteiger partial charge in [0.2, 0.25) is 0 Å². The Hall–Kier alpha value is -3.17. The molecule has 0 fully saturated rings. The molecule has 1 heterocycles. The predicted octanol–water partition coefficient (Wildman–Crippen LogP) is 2.68. The third kappa shape index (κ3) is 3.83. The van der Waals surface area contributed by atoms with Gasteiger partial charge in [-0.3, -0.25) is 5.21 Å². The van der Waals surface area contributed by atoms with Crippen molar-refractivity contribution in [2.24, 2.45) is 5.73 Å². The Morgan fingerprint density at radius 1 is 1.15 bits per heavy atom. The standard InChI is InChI=1S/C18H17N3O5S/c1-27(24,25)15-10-6-5-9-13(15)16-14(11-21(23)18(19)22)26-20-17(16)12-7-3-2-4-8-12/h2-10,23H,11H2,1H3,(H2,19,22). The third-order valence-corrected chi connectivity index (χ3v) is 5.07. The predicted molar refractivity (Wildman–Crippen MR) is 97.4 cm³/mol. The van der Waals surface area contributed by atoms with Crippen molar-refractivity contribution < 1.29 is 22.9 Å². The van der Waals surface area contributed by atoms with Gasteiger partial charge in [0.05, 0.1) is 10.5 Å². The molecule has 1 aromatic heterocycles. The maximum atomic E-state index is 12.3. The molecule has 8 nitrogen and oxygen atoms in total. The molecule has 0 bridgehead atoms. The number of benzene rings is 2. The summed E-state index contributed by atoms with van der Waals surface area (Å²) in [5.41, 5.74) is 6.86. The highest BCUT2D eigenvalue weighted by Crippen LogP contribution is 2.38. The second-order valence-corrected chi connectivity index (χ2v) is 7.84. The summed E-state index contributed by atoms with van der Waals surface area (Å²) in [7, 11) is -3.56. The van der Waals surface area contributed by atoms with Crippen LogP contribution < -0.4 is 5.73 Å². The van der Waals surface area contributed by atoms with Gasteiger partial charge in [0.1, 0.15) is 12.2 Å². The fraction of sp³-hybridized carbons (Fsp3) is 0.111. The van der Waals surface area contributed by atoms with Crippen molar-refractivity contribution in [2.45, 2.75) is 11.4 Å². The monoisotopic (exact) mass is 387 g/mol. The Kier molecular flexibility index (Phi) is 4.98. The molecule has 0 saturated heterocycles. The molecule has 2 amide bonds. The molecule has 0 aliphatic rings. The van der Waals surface area contributed by atoms with Gasteiger partial charge in [0.15, 0.2) is 15.6 Å². The molecular weight excluding hydrogens is 370 g/mol. The minimum atomic E-state index is -3.56. The lowest BCUT2D eigenvalue weighted by Gasteiger charge is -2.13.